The summed E-state index contributed by atoms with van der Waals surface area (Å²) in [4.78, 5) is 37.4. The second kappa shape index (κ2) is 7.19. The van der Waals surface area contributed by atoms with Crippen molar-refractivity contribution in [2.75, 3.05) is 13.6 Å². The number of phenolic OH excluding ortho intramolecular Hbond substituents is 1. The van der Waals surface area contributed by atoms with Gasteiger partial charge in [-0.2, -0.15) is 0 Å². The van der Waals surface area contributed by atoms with Crippen LogP contribution >= 0.6 is 0 Å². The normalized spacial score (nSPS) is 32.2. The molecule has 0 radical (unpaired) electrons. The number of nitrogens with zero attached hydrogens (tertiary/aromatic N) is 1. The molecule has 1 unspecified atom stereocenters. The molecule has 33 heavy (non-hydrogen) atoms. The van der Waals surface area contributed by atoms with Crippen molar-refractivity contribution in [3.63, 3.8) is 0 Å². The number of carboxylic acid groups (broad SMARTS) is 1. The van der Waals surface area contributed by atoms with E-state index in [1.165, 1.54) is 0 Å². The minimum atomic E-state index is -1.62. The van der Waals surface area contributed by atoms with Gasteiger partial charge in [-0.05, 0) is 44.1 Å². The number of carbonyl (C=O) groups excluding carboxylic acids is 2. The third-order valence-electron chi connectivity index (χ3n) is 7.50. The highest BCUT2D eigenvalue weighted by molar-refractivity contribution is 5.84. The van der Waals surface area contributed by atoms with Gasteiger partial charge in [-0.25, -0.2) is 4.79 Å². The summed E-state index contributed by atoms with van der Waals surface area (Å²) in [6, 6.07) is 3.19. The number of likely N-dealkylation sites (tertiary alicyclic amines) is 1. The van der Waals surface area contributed by atoms with E-state index in [0.29, 0.717) is 19.4 Å². The Morgan fingerprint density at radius 2 is 2.09 bits per heavy atom. The van der Waals surface area contributed by atoms with E-state index in [2.05, 4.69) is 4.90 Å². The SMILES string of the molecule is CC(=O)OC(CC(=O)O)C(=O)OC1=CC[C@@]2(O)[C@H]3Cc4ccc(O)c5c4[C@@]2(CCN3C)[C@H]1O5. The first kappa shape index (κ1) is 21.7. The first-order valence-electron chi connectivity index (χ1n) is 10.8. The highest BCUT2D eigenvalue weighted by atomic mass is 16.6. The smallest absolute Gasteiger partial charge is 0.353 e. The fourth-order valence-electron chi connectivity index (χ4n) is 6.15. The molecule has 10 heteroatoms. The summed E-state index contributed by atoms with van der Waals surface area (Å²) in [7, 11) is 1.96. The molecule has 176 valence electrons. The molecule has 0 aromatic heterocycles. The zero-order valence-electron chi connectivity index (χ0n) is 18.2. The van der Waals surface area contributed by atoms with E-state index < -0.39 is 47.6 Å². The number of aromatic hydroxyl groups is 1. The minimum absolute atomic E-state index is 0.0633. The highest BCUT2D eigenvalue weighted by Crippen LogP contribution is 2.65. The molecule has 5 rings (SSSR count). The van der Waals surface area contributed by atoms with Crippen molar-refractivity contribution in [2.24, 2.45) is 0 Å². The van der Waals surface area contributed by atoms with Crippen LogP contribution in [0.5, 0.6) is 11.5 Å². The quantitative estimate of drug-likeness (QED) is 0.536. The minimum Gasteiger partial charge on any atom is -0.504 e. The molecular formula is C23H25NO9. The van der Waals surface area contributed by atoms with E-state index in [9.17, 15) is 24.6 Å². The van der Waals surface area contributed by atoms with Gasteiger partial charge in [0.1, 0.15) is 5.76 Å². The lowest BCUT2D eigenvalue weighted by Crippen LogP contribution is -2.74. The fourth-order valence-corrected chi connectivity index (χ4v) is 6.15. The molecule has 2 heterocycles. The van der Waals surface area contributed by atoms with Crippen molar-refractivity contribution < 1.29 is 43.9 Å². The molecule has 1 fully saturated rings. The Morgan fingerprint density at radius 3 is 2.79 bits per heavy atom. The van der Waals surface area contributed by atoms with Crippen LogP contribution in [0.15, 0.2) is 24.0 Å². The van der Waals surface area contributed by atoms with Crippen LogP contribution < -0.4 is 4.74 Å². The molecule has 0 amide bonds. The van der Waals surface area contributed by atoms with Crippen molar-refractivity contribution >= 4 is 17.9 Å². The van der Waals surface area contributed by atoms with Crippen molar-refractivity contribution in [3.8, 4) is 11.5 Å². The number of hydrogen-bond donors (Lipinski definition) is 3. The lowest BCUT2D eigenvalue weighted by Gasteiger charge is -2.61. The molecule has 3 N–H and O–H groups in total. The molecule has 1 saturated heterocycles. The maximum Gasteiger partial charge on any atom is 0.353 e. The topological polar surface area (TPSA) is 143 Å². The van der Waals surface area contributed by atoms with Gasteiger partial charge in [0.05, 0.1) is 17.4 Å². The van der Waals surface area contributed by atoms with Crippen molar-refractivity contribution in [3.05, 3.63) is 35.1 Å². The summed E-state index contributed by atoms with van der Waals surface area (Å²) in [6.07, 6.45) is -0.427. The average Bonchev–Trinajstić information content (AvgIpc) is 3.09. The van der Waals surface area contributed by atoms with Gasteiger partial charge in [0.25, 0.3) is 0 Å². The third-order valence-corrected chi connectivity index (χ3v) is 7.50. The molecule has 2 bridgehead atoms. The maximum atomic E-state index is 12.8. The molecule has 4 aliphatic rings. The van der Waals surface area contributed by atoms with E-state index in [-0.39, 0.29) is 29.7 Å². The summed E-state index contributed by atoms with van der Waals surface area (Å²) in [6.45, 7) is 1.74. The molecule has 5 atom stereocenters. The number of esters is 2. The number of carbonyl (C=O) groups is 3. The molecule has 1 spiro atoms. The van der Waals surface area contributed by atoms with Gasteiger partial charge in [-0.1, -0.05) is 6.07 Å². The average molecular weight is 459 g/mol. The Bertz CT molecular complexity index is 1080. The number of phenols is 1. The molecule has 0 saturated carbocycles. The van der Waals surface area contributed by atoms with E-state index in [0.717, 1.165) is 18.1 Å². The fraction of sp³-hybridized carbons (Fsp3) is 0.522. The number of aliphatic carboxylic acids is 1. The van der Waals surface area contributed by atoms with Gasteiger partial charge in [0, 0.05) is 24.9 Å². The van der Waals surface area contributed by atoms with Crippen LogP contribution in [-0.2, 0) is 35.7 Å². The van der Waals surface area contributed by atoms with Gasteiger partial charge < -0.3 is 34.4 Å². The number of rotatable bonds is 5. The van der Waals surface area contributed by atoms with Gasteiger partial charge in [0.2, 0.25) is 6.10 Å². The number of benzene rings is 1. The number of hydrogen-bond acceptors (Lipinski definition) is 9. The maximum absolute atomic E-state index is 12.8. The van der Waals surface area contributed by atoms with Gasteiger partial charge in [0.15, 0.2) is 17.6 Å². The zero-order chi connectivity index (χ0) is 23.7. The largest absolute Gasteiger partial charge is 0.504 e. The Labute approximate surface area is 189 Å². The molecule has 10 nitrogen and oxygen atoms in total. The number of ether oxygens (including phenoxy) is 3. The summed E-state index contributed by atoms with van der Waals surface area (Å²) in [5, 5.41) is 31.7. The lowest BCUT2D eigenvalue weighted by atomic mass is 9.50. The predicted molar refractivity (Wildman–Crippen MR) is 110 cm³/mol. The Balaban J connectivity index is 1.56. The Morgan fingerprint density at radius 1 is 1.33 bits per heavy atom. The van der Waals surface area contributed by atoms with Crippen molar-refractivity contribution in [1.82, 2.24) is 4.90 Å². The molecule has 2 aliphatic carbocycles. The predicted octanol–water partition coefficient (Wildman–Crippen LogP) is 0.619. The number of piperidine rings is 1. The van der Waals surface area contributed by atoms with Crippen LogP contribution in [0.1, 0.15) is 37.3 Å². The van der Waals surface area contributed by atoms with Crippen molar-refractivity contribution in [2.45, 2.75) is 61.9 Å². The Hall–Kier alpha value is -3.11. The molecule has 1 aromatic carbocycles. The van der Waals surface area contributed by atoms with Crippen LogP contribution in [-0.4, -0.2) is 75.6 Å². The van der Waals surface area contributed by atoms with Crippen molar-refractivity contribution in [1.29, 1.82) is 0 Å². The first-order valence-corrected chi connectivity index (χ1v) is 10.8. The van der Waals surface area contributed by atoms with Gasteiger partial charge >= 0.3 is 17.9 Å². The summed E-state index contributed by atoms with van der Waals surface area (Å²) < 4.78 is 16.6. The zero-order valence-corrected chi connectivity index (χ0v) is 18.2. The van der Waals surface area contributed by atoms with Gasteiger partial charge in [-0.15, -0.1) is 0 Å². The van der Waals surface area contributed by atoms with Crippen LogP contribution in [0.2, 0.25) is 0 Å². The van der Waals surface area contributed by atoms with Gasteiger partial charge in [-0.3, -0.25) is 9.59 Å². The molecule has 2 aliphatic heterocycles. The van der Waals surface area contributed by atoms with E-state index in [4.69, 9.17) is 19.3 Å². The number of aliphatic hydroxyl groups is 1. The second-order valence-corrected chi connectivity index (χ2v) is 9.22. The van der Waals surface area contributed by atoms with Crippen LogP contribution in [0.25, 0.3) is 0 Å². The summed E-state index contributed by atoms with van der Waals surface area (Å²) in [5.41, 5.74) is -0.464. The first-order chi connectivity index (χ1) is 15.6. The number of likely N-dealkylation sites (N-methyl/N-ethyl adjacent to an activating group) is 1. The highest BCUT2D eigenvalue weighted by Gasteiger charge is 2.72. The number of carboxylic acids is 1. The third kappa shape index (κ3) is 2.90. The summed E-state index contributed by atoms with van der Waals surface area (Å²) >= 11 is 0. The van der Waals surface area contributed by atoms with E-state index in [1.807, 2.05) is 13.1 Å². The lowest BCUT2D eigenvalue weighted by molar-refractivity contribution is -0.177. The molecule has 1 aromatic rings. The second-order valence-electron chi connectivity index (χ2n) is 9.22. The standard InChI is InChI=1S/C23H25NO9/c1-11(25)31-15(10-17(27)28)21(29)32-14-5-6-23(30)16-9-12-3-4-13(26)19-18(12)22(23,20(14)33-19)7-8-24(16)2/h3-5,15-16,20,26,30H,6-10H2,1-2H3,(H,27,28)/t15?,16-,20+,22+,23-/m1/s1. The monoisotopic (exact) mass is 459 g/mol. The Kier molecular flexibility index (Phi) is 4.74. The van der Waals surface area contributed by atoms with Crippen LogP contribution in [0.4, 0.5) is 0 Å². The molecular weight excluding hydrogens is 434 g/mol. The summed E-state index contributed by atoms with van der Waals surface area (Å²) in [5.74, 6) is -2.86. The van der Waals surface area contributed by atoms with Crippen LogP contribution in [0, 0.1) is 0 Å². The van der Waals surface area contributed by atoms with Crippen LogP contribution in [0.3, 0.4) is 0 Å². The van der Waals surface area contributed by atoms with E-state index in [1.54, 1.807) is 12.1 Å². The van der Waals surface area contributed by atoms with E-state index >= 15 is 0 Å².